The standard InChI is InChI=1S/C21H23N3O2S/c1-27-11-9-18(21-23-16-4-2-3-5-17(16)24-21)22-20(25)13-14-6-7-15-8-10-26-19(15)12-14/h2-7,12,18H,8-11,13H2,1H3,(H,22,25)(H,23,24)/t18-/m1/s1. The van der Waals surface area contributed by atoms with Gasteiger partial charge in [-0.2, -0.15) is 11.8 Å². The average molecular weight is 382 g/mol. The lowest BCUT2D eigenvalue weighted by molar-refractivity contribution is -0.121. The van der Waals surface area contributed by atoms with Crippen molar-refractivity contribution in [1.29, 1.82) is 0 Å². The van der Waals surface area contributed by atoms with Gasteiger partial charge < -0.3 is 15.0 Å². The number of amides is 1. The molecule has 4 rings (SSSR count). The first-order chi connectivity index (χ1) is 13.2. The number of H-pyrrole nitrogens is 1. The minimum Gasteiger partial charge on any atom is -0.493 e. The molecule has 1 atom stereocenters. The number of hydrogen-bond donors (Lipinski definition) is 2. The van der Waals surface area contributed by atoms with Crippen LogP contribution in [0, 0.1) is 0 Å². The van der Waals surface area contributed by atoms with Crippen LogP contribution in [0.25, 0.3) is 11.0 Å². The summed E-state index contributed by atoms with van der Waals surface area (Å²) in [7, 11) is 0. The predicted octanol–water partition coefficient (Wildman–Crippen LogP) is 3.65. The lowest BCUT2D eigenvalue weighted by Gasteiger charge is -2.16. The number of rotatable bonds is 7. The van der Waals surface area contributed by atoms with Crippen LogP contribution in [0.15, 0.2) is 42.5 Å². The number of imidazole rings is 1. The van der Waals surface area contributed by atoms with E-state index in [1.165, 1.54) is 5.56 Å². The minimum absolute atomic E-state index is 0.000457. The van der Waals surface area contributed by atoms with Crippen LogP contribution in [0.1, 0.15) is 29.4 Å². The fraction of sp³-hybridized carbons (Fsp3) is 0.333. The molecule has 2 heterocycles. The number of aromatic nitrogens is 2. The highest BCUT2D eigenvalue weighted by molar-refractivity contribution is 7.98. The molecule has 1 amide bonds. The Morgan fingerprint density at radius 1 is 1.33 bits per heavy atom. The van der Waals surface area contributed by atoms with E-state index in [-0.39, 0.29) is 11.9 Å². The summed E-state index contributed by atoms with van der Waals surface area (Å²) in [5.74, 6) is 2.68. The maximum Gasteiger partial charge on any atom is 0.225 e. The number of carbonyl (C=O) groups excluding carboxylic acids is 1. The topological polar surface area (TPSA) is 67.0 Å². The molecule has 0 radical (unpaired) electrons. The Morgan fingerprint density at radius 3 is 3.07 bits per heavy atom. The van der Waals surface area contributed by atoms with Crippen molar-refractivity contribution in [2.24, 2.45) is 0 Å². The molecule has 140 valence electrons. The Hall–Kier alpha value is -2.47. The number of thioether (sulfide) groups is 1. The molecule has 0 fully saturated rings. The van der Waals surface area contributed by atoms with Crippen LogP contribution >= 0.6 is 11.8 Å². The van der Waals surface area contributed by atoms with Gasteiger partial charge in [-0.3, -0.25) is 4.79 Å². The monoisotopic (exact) mass is 381 g/mol. The van der Waals surface area contributed by atoms with Gasteiger partial charge >= 0.3 is 0 Å². The number of hydrogen-bond acceptors (Lipinski definition) is 4. The normalized spacial score (nSPS) is 14.0. The molecule has 0 saturated carbocycles. The van der Waals surface area contributed by atoms with Crippen LogP contribution in [-0.2, 0) is 17.6 Å². The molecule has 6 heteroatoms. The largest absolute Gasteiger partial charge is 0.493 e. The summed E-state index contributed by atoms with van der Waals surface area (Å²) in [6.45, 7) is 0.730. The van der Waals surface area contributed by atoms with Crippen LogP contribution in [0.5, 0.6) is 5.75 Å². The number of nitrogens with one attached hydrogen (secondary N) is 2. The molecule has 0 spiro atoms. The average Bonchev–Trinajstić information content (AvgIpc) is 3.31. The van der Waals surface area contributed by atoms with Crippen molar-refractivity contribution in [3.8, 4) is 5.75 Å². The molecular formula is C21H23N3O2S. The quantitative estimate of drug-likeness (QED) is 0.656. The molecule has 3 aromatic rings. The zero-order valence-electron chi connectivity index (χ0n) is 15.3. The molecular weight excluding hydrogens is 358 g/mol. The van der Waals surface area contributed by atoms with Crippen LogP contribution in [0.2, 0.25) is 0 Å². The number of fused-ring (bicyclic) bond motifs is 2. The SMILES string of the molecule is CSCC[C@@H](NC(=O)Cc1ccc2c(c1)OCC2)c1nc2ccccc2[nH]1. The van der Waals surface area contributed by atoms with Crippen molar-refractivity contribution >= 4 is 28.7 Å². The fourth-order valence-corrected chi connectivity index (χ4v) is 3.87. The summed E-state index contributed by atoms with van der Waals surface area (Å²) in [5, 5.41) is 3.16. The number of carbonyl (C=O) groups is 1. The summed E-state index contributed by atoms with van der Waals surface area (Å²) < 4.78 is 5.61. The second kappa shape index (κ2) is 8.05. The van der Waals surface area contributed by atoms with Gasteiger partial charge in [0, 0.05) is 6.42 Å². The van der Waals surface area contributed by atoms with Gasteiger partial charge in [0.25, 0.3) is 0 Å². The van der Waals surface area contributed by atoms with Gasteiger partial charge in [-0.05, 0) is 47.8 Å². The second-order valence-electron chi connectivity index (χ2n) is 6.76. The van der Waals surface area contributed by atoms with Gasteiger partial charge in [-0.1, -0.05) is 24.3 Å². The Labute approximate surface area is 162 Å². The fourth-order valence-electron chi connectivity index (χ4n) is 3.40. The van der Waals surface area contributed by atoms with Crippen LogP contribution in [0.4, 0.5) is 0 Å². The van der Waals surface area contributed by atoms with E-state index in [9.17, 15) is 4.79 Å². The summed E-state index contributed by atoms with van der Waals surface area (Å²) in [4.78, 5) is 20.7. The first-order valence-corrected chi connectivity index (χ1v) is 10.6. The summed E-state index contributed by atoms with van der Waals surface area (Å²) in [5.41, 5.74) is 4.11. The first-order valence-electron chi connectivity index (χ1n) is 9.20. The number of benzene rings is 2. The highest BCUT2D eigenvalue weighted by atomic mass is 32.2. The van der Waals surface area contributed by atoms with Gasteiger partial charge in [-0.25, -0.2) is 4.98 Å². The van der Waals surface area contributed by atoms with Crippen molar-refractivity contribution in [2.45, 2.75) is 25.3 Å². The molecule has 0 unspecified atom stereocenters. The van der Waals surface area contributed by atoms with Crippen molar-refractivity contribution in [1.82, 2.24) is 15.3 Å². The Kier molecular flexibility index (Phi) is 5.34. The van der Waals surface area contributed by atoms with E-state index in [0.29, 0.717) is 6.42 Å². The van der Waals surface area contributed by atoms with E-state index >= 15 is 0 Å². The Morgan fingerprint density at radius 2 is 2.22 bits per heavy atom. The minimum atomic E-state index is -0.122. The molecule has 0 aliphatic carbocycles. The van der Waals surface area contributed by atoms with Gasteiger partial charge in [0.1, 0.15) is 11.6 Å². The van der Waals surface area contributed by atoms with Gasteiger partial charge in [0.15, 0.2) is 0 Å². The number of ether oxygens (including phenoxy) is 1. The van der Waals surface area contributed by atoms with E-state index in [0.717, 1.165) is 53.4 Å². The molecule has 2 N–H and O–H groups in total. The Balaban J connectivity index is 1.48. The lowest BCUT2D eigenvalue weighted by atomic mass is 10.1. The maximum atomic E-state index is 12.7. The van der Waals surface area contributed by atoms with E-state index in [1.807, 2.05) is 36.4 Å². The van der Waals surface area contributed by atoms with Gasteiger partial charge in [-0.15, -0.1) is 0 Å². The maximum absolute atomic E-state index is 12.7. The third-order valence-corrected chi connectivity index (χ3v) is 5.45. The highest BCUT2D eigenvalue weighted by Gasteiger charge is 2.19. The molecule has 1 aliphatic heterocycles. The summed E-state index contributed by atoms with van der Waals surface area (Å²) in [6.07, 6.45) is 4.19. The molecule has 0 bridgehead atoms. The van der Waals surface area contributed by atoms with Crippen LogP contribution in [-0.4, -0.2) is 34.5 Å². The molecule has 1 aromatic heterocycles. The van der Waals surface area contributed by atoms with Crippen LogP contribution in [0.3, 0.4) is 0 Å². The summed E-state index contributed by atoms with van der Waals surface area (Å²) >= 11 is 1.77. The number of nitrogens with zero attached hydrogens (tertiary/aromatic N) is 1. The van der Waals surface area contributed by atoms with Crippen molar-refractivity contribution in [3.05, 3.63) is 59.4 Å². The molecule has 27 heavy (non-hydrogen) atoms. The number of para-hydroxylation sites is 2. The van der Waals surface area contributed by atoms with Gasteiger partial charge in [0.2, 0.25) is 5.91 Å². The zero-order valence-corrected chi connectivity index (χ0v) is 16.1. The molecule has 2 aromatic carbocycles. The van der Waals surface area contributed by atoms with E-state index in [4.69, 9.17) is 4.74 Å². The van der Waals surface area contributed by atoms with Gasteiger partial charge in [0.05, 0.1) is 30.1 Å². The number of aromatic amines is 1. The summed E-state index contributed by atoms with van der Waals surface area (Å²) in [6, 6.07) is 13.9. The lowest BCUT2D eigenvalue weighted by Crippen LogP contribution is -2.31. The second-order valence-corrected chi connectivity index (χ2v) is 7.74. The zero-order chi connectivity index (χ0) is 18.6. The smallest absolute Gasteiger partial charge is 0.225 e. The van der Waals surface area contributed by atoms with E-state index < -0.39 is 0 Å². The van der Waals surface area contributed by atoms with E-state index in [1.54, 1.807) is 11.8 Å². The van der Waals surface area contributed by atoms with Crippen LogP contribution < -0.4 is 10.1 Å². The molecule has 1 aliphatic rings. The molecule has 0 saturated heterocycles. The third kappa shape index (κ3) is 4.11. The van der Waals surface area contributed by atoms with Crippen molar-refractivity contribution < 1.29 is 9.53 Å². The first kappa shape index (κ1) is 17.9. The Bertz CT molecular complexity index is 921. The molecule has 5 nitrogen and oxygen atoms in total. The third-order valence-electron chi connectivity index (χ3n) is 4.81. The van der Waals surface area contributed by atoms with Crippen molar-refractivity contribution in [3.63, 3.8) is 0 Å². The highest BCUT2D eigenvalue weighted by Crippen LogP contribution is 2.26. The van der Waals surface area contributed by atoms with E-state index in [2.05, 4.69) is 27.6 Å². The predicted molar refractivity (Wildman–Crippen MR) is 109 cm³/mol. The van der Waals surface area contributed by atoms with Crippen molar-refractivity contribution in [2.75, 3.05) is 18.6 Å².